The highest BCUT2D eigenvalue weighted by Crippen LogP contribution is 2.30. The van der Waals surface area contributed by atoms with Gasteiger partial charge >= 0.3 is 0 Å². The number of rotatable bonds is 3. The Labute approximate surface area is 99.8 Å². The molecule has 1 aromatic rings. The van der Waals surface area contributed by atoms with E-state index in [2.05, 4.69) is 0 Å². The molecule has 1 aromatic carbocycles. The van der Waals surface area contributed by atoms with Gasteiger partial charge in [0.25, 0.3) is 0 Å². The van der Waals surface area contributed by atoms with Crippen LogP contribution in [0.2, 0.25) is 0 Å². The number of Topliss-reactive ketones (excluding diaryl/α,β-unsaturated/α-hetero) is 1. The summed E-state index contributed by atoms with van der Waals surface area (Å²) in [6.07, 6.45) is 1.33. The molecule has 17 heavy (non-hydrogen) atoms. The van der Waals surface area contributed by atoms with E-state index in [0.29, 0.717) is 30.3 Å². The van der Waals surface area contributed by atoms with Gasteiger partial charge in [-0.1, -0.05) is 0 Å². The van der Waals surface area contributed by atoms with Crippen LogP contribution in [0.3, 0.4) is 0 Å². The van der Waals surface area contributed by atoms with E-state index >= 15 is 0 Å². The van der Waals surface area contributed by atoms with Crippen LogP contribution in [-0.2, 0) is 0 Å². The lowest BCUT2D eigenvalue weighted by Crippen LogP contribution is -2.00. The third-order valence-electron chi connectivity index (χ3n) is 2.53. The van der Waals surface area contributed by atoms with Gasteiger partial charge < -0.3 is 9.47 Å². The second kappa shape index (κ2) is 5.35. The summed E-state index contributed by atoms with van der Waals surface area (Å²) in [7, 11) is 0. The summed E-state index contributed by atoms with van der Waals surface area (Å²) in [5.41, 5.74) is 0.574. The number of hydrogen-bond donors (Lipinski definition) is 0. The van der Waals surface area contributed by atoms with Gasteiger partial charge in [-0.2, -0.15) is 5.26 Å². The quantitative estimate of drug-likeness (QED) is 0.749. The highest BCUT2D eigenvalue weighted by molar-refractivity contribution is 5.96. The van der Waals surface area contributed by atoms with Crippen molar-refractivity contribution in [1.29, 1.82) is 5.26 Å². The zero-order chi connectivity index (χ0) is 12.1. The number of ether oxygens (including phenoxy) is 2. The van der Waals surface area contributed by atoms with Gasteiger partial charge in [0.05, 0.1) is 19.3 Å². The smallest absolute Gasteiger partial charge is 0.164 e. The van der Waals surface area contributed by atoms with E-state index in [-0.39, 0.29) is 18.6 Å². The average molecular weight is 231 g/mol. The molecule has 0 aromatic heterocycles. The molecule has 0 aliphatic carbocycles. The Morgan fingerprint density at radius 1 is 1.29 bits per heavy atom. The van der Waals surface area contributed by atoms with Crippen LogP contribution in [0.25, 0.3) is 0 Å². The predicted molar refractivity (Wildman–Crippen MR) is 61.2 cm³/mol. The lowest BCUT2D eigenvalue weighted by atomic mass is 10.1. The largest absolute Gasteiger partial charge is 0.490 e. The van der Waals surface area contributed by atoms with Gasteiger partial charge in [-0.25, -0.2) is 0 Å². The fraction of sp³-hybridized carbons (Fsp3) is 0.385. The molecule has 0 saturated carbocycles. The summed E-state index contributed by atoms with van der Waals surface area (Å²) in [5, 5.41) is 8.44. The molecule has 4 nitrogen and oxygen atoms in total. The summed E-state index contributed by atoms with van der Waals surface area (Å²) < 4.78 is 11.0. The molecule has 0 unspecified atom stereocenters. The minimum Gasteiger partial charge on any atom is -0.490 e. The number of nitrogens with zero attached hydrogens (tertiary/aromatic N) is 1. The van der Waals surface area contributed by atoms with E-state index in [1.165, 1.54) is 0 Å². The van der Waals surface area contributed by atoms with Crippen LogP contribution in [0.1, 0.15) is 29.6 Å². The topological polar surface area (TPSA) is 59.3 Å². The number of hydrogen-bond acceptors (Lipinski definition) is 4. The Bertz CT molecular complexity index is 462. The Hall–Kier alpha value is -2.02. The van der Waals surface area contributed by atoms with Crippen LogP contribution in [0.15, 0.2) is 18.2 Å². The fourth-order valence-corrected chi connectivity index (χ4v) is 1.65. The molecular weight excluding hydrogens is 218 g/mol. The van der Waals surface area contributed by atoms with Crippen molar-refractivity contribution in [3.8, 4) is 17.6 Å². The molecular formula is C13H13NO3. The first-order chi connectivity index (χ1) is 8.31. The first-order valence-electron chi connectivity index (χ1n) is 5.61. The Morgan fingerprint density at radius 2 is 2.06 bits per heavy atom. The standard InChI is InChI=1S/C13H13NO3/c14-6-1-3-11(15)10-4-5-12-13(9-10)17-8-2-7-16-12/h4-5,9H,1-3,7-8H2. The number of ketones is 1. The highest BCUT2D eigenvalue weighted by Gasteiger charge is 2.13. The van der Waals surface area contributed by atoms with Crippen molar-refractivity contribution in [1.82, 2.24) is 0 Å². The molecule has 0 atom stereocenters. The minimum absolute atomic E-state index is 0.0396. The SMILES string of the molecule is N#CCCC(=O)c1ccc2c(c1)OCCCO2. The highest BCUT2D eigenvalue weighted by atomic mass is 16.5. The molecule has 0 spiro atoms. The van der Waals surface area contributed by atoms with E-state index in [1.807, 2.05) is 6.07 Å². The third-order valence-corrected chi connectivity index (χ3v) is 2.53. The second-order valence-electron chi connectivity index (χ2n) is 3.79. The number of carbonyl (C=O) groups is 1. The van der Waals surface area contributed by atoms with Crippen molar-refractivity contribution < 1.29 is 14.3 Å². The number of fused-ring (bicyclic) bond motifs is 1. The van der Waals surface area contributed by atoms with E-state index in [4.69, 9.17) is 14.7 Å². The summed E-state index contributed by atoms with van der Waals surface area (Å²) in [6.45, 7) is 1.23. The summed E-state index contributed by atoms with van der Waals surface area (Å²) >= 11 is 0. The van der Waals surface area contributed by atoms with Gasteiger partial charge in [-0.15, -0.1) is 0 Å². The van der Waals surface area contributed by atoms with Gasteiger partial charge in [0.15, 0.2) is 17.3 Å². The van der Waals surface area contributed by atoms with E-state index in [0.717, 1.165) is 6.42 Å². The second-order valence-corrected chi connectivity index (χ2v) is 3.79. The normalized spacial score (nSPS) is 13.6. The maximum Gasteiger partial charge on any atom is 0.164 e. The van der Waals surface area contributed by atoms with Crippen LogP contribution >= 0.6 is 0 Å². The van der Waals surface area contributed by atoms with Crippen LogP contribution in [-0.4, -0.2) is 19.0 Å². The van der Waals surface area contributed by atoms with Crippen molar-refractivity contribution in [3.63, 3.8) is 0 Å². The van der Waals surface area contributed by atoms with Gasteiger partial charge in [0.2, 0.25) is 0 Å². The molecule has 0 amide bonds. The average Bonchev–Trinajstić information content (AvgIpc) is 2.60. The first-order valence-corrected chi connectivity index (χ1v) is 5.61. The summed E-state index contributed by atoms with van der Waals surface area (Å²) in [4.78, 5) is 11.7. The Balaban J connectivity index is 2.18. The molecule has 0 saturated heterocycles. The Morgan fingerprint density at radius 3 is 2.82 bits per heavy atom. The van der Waals surface area contributed by atoms with E-state index in [9.17, 15) is 4.79 Å². The van der Waals surface area contributed by atoms with Crippen molar-refractivity contribution in [2.24, 2.45) is 0 Å². The molecule has 0 bridgehead atoms. The summed E-state index contributed by atoms with van der Waals surface area (Å²) in [6, 6.07) is 7.12. The molecule has 0 N–H and O–H groups in total. The zero-order valence-corrected chi connectivity index (χ0v) is 9.44. The van der Waals surface area contributed by atoms with Gasteiger partial charge in [0.1, 0.15) is 0 Å². The van der Waals surface area contributed by atoms with Crippen molar-refractivity contribution in [2.45, 2.75) is 19.3 Å². The number of nitriles is 1. The zero-order valence-electron chi connectivity index (χ0n) is 9.44. The van der Waals surface area contributed by atoms with Crippen LogP contribution in [0, 0.1) is 11.3 Å². The van der Waals surface area contributed by atoms with Gasteiger partial charge in [-0.05, 0) is 18.2 Å². The van der Waals surface area contributed by atoms with Crippen molar-refractivity contribution in [2.75, 3.05) is 13.2 Å². The minimum atomic E-state index is -0.0396. The predicted octanol–water partition coefficient (Wildman–Crippen LogP) is 2.33. The van der Waals surface area contributed by atoms with Crippen LogP contribution in [0.4, 0.5) is 0 Å². The van der Waals surface area contributed by atoms with E-state index in [1.54, 1.807) is 18.2 Å². The summed E-state index contributed by atoms with van der Waals surface area (Å²) in [5.74, 6) is 1.26. The molecule has 2 rings (SSSR count). The monoisotopic (exact) mass is 231 g/mol. The van der Waals surface area contributed by atoms with Gasteiger partial charge in [-0.3, -0.25) is 4.79 Å². The molecule has 1 aliphatic heterocycles. The van der Waals surface area contributed by atoms with Crippen LogP contribution < -0.4 is 9.47 Å². The maximum atomic E-state index is 11.7. The van der Waals surface area contributed by atoms with E-state index < -0.39 is 0 Å². The number of benzene rings is 1. The van der Waals surface area contributed by atoms with Gasteiger partial charge in [0, 0.05) is 24.8 Å². The first kappa shape index (κ1) is 11.5. The lowest BCUT2D eigenvalue weighted by Gasteiger charge is -2.08. The molecule has 1 aliphatic rings. The fourth-order valence-electron chi connectivity index (χ4n) is 1.65. The molecule has 0 fully saturated rings. The van der Waals surface area contributed by atoms with Crippen molar-refractivity contribution in [3.05, 3.63) is 23.8 Å². The Kier molecular flexibility index (Phi) is 3.61. The number of carbonyl (C=O) groups excluding carboxylic acids is 1. The lowest BCUT2D eigenvalue weighted by molar-refractivity contribution is 0.0983. The maximum absolute atomic E-state index is 11.7. The van der Waals surface area contributed by atoms with Crippen LogP contribution in [0.5, 0.6) is 11.5 Å². The molecule has 1 heterocycles. The molecule has 4 heteroatoms. The molecule has 0 radical (unpaired) electrons. The third kappa shape index (κ3) is 2.76. The molecule has 88 valence electrons. The van der Waals surface area contributed by atoms with Crippen molar-refractivity contribution >= 4 is 5.78 Å².